The molecule has 7 nitrogen and oxygen atoms in total. The Morgan fingerprint density at radius 1 is 1.24 bits per heavy atom. The SMILES string of the molecule is COCCn1c(C[C@@H]2CCN(C(=O)c3cccc(OC)c3)C2)nc2cccnc21. The van der Waals surface area contributed by atoms with Crippen LogP contribution >= 0.6 is 0 Å². The van der Waals surface area contributed by atoms with Crippen LogP contribution in [0.1, 0.15) is 22.6 Å². The van der Waals surface area contributed by atoms with E-state index >= 15 is 0 Å². The summed E-state index contributed by atoms with van der Waals surface area (Å²) >= 11 is 0. The van der Waals surface area contributed by atoms with Crippen LogP contribution in [0, 0.1) is 5.92 Å². The van der Waals surface area contributed by atoms with Gasteiger partial charge in [0, 0.05) is 44.9 Å². The molecule has 0 aliphatic carbocycles. The zero-order valence-electron chi connectivity index (χ0n) is 16.9. The van der Waals surface area contributed by atoms with Crippen molar-refractivity contribution >= 4 is 17.1 Å². The average molecular weight is 394 g/mol. The number of carbonyl (C=O) groups is 1. The molecule has 1 saturated heterocycles. The van der Waals surface area contributed by atoms with Gasteiger partial charge >= 0.3 is 0 Å². The van der Waals surface area contributed by atoms with Gasteiger partial charge < -0.3 is 18.9 Å². The van der Waals surface area contributed by atoms with Gasteiger partial charge in [0.15, 0.2) is 5.65 Å². The summed E-state index contributed by atoms with van der Waals surface area (Å²) in [5.41, 5.74) is 2.46. The average Bonchev–Trinajstić information content (AvgIpc) is 3.36. The largest absolute Gasteiger partial charge is 0.497 e. The van der Waals surface area contributed by atoms with E-state index in [2.05, 4.69) is 9.55 Å². The van der Waals surface area contributed by atoms with E-state index in [-0.39, 0.29) is 5.91 Å². The second-order valence-electron chi connectivity index (χ2n) is 7.36. The van der Waals surface area contributed by atoms with E-state index in [0.29, 0.717) is 23.8 Å². The summed E-state index contributed by atoms with van der Waals surface area (Å²) in [5, 5.41) is 0. The summed E-state index contributed by atoms with van der Waals surface area (Å²) in [6.07, 6.45) is 3.58. The minimum atomic E-state index is 0.0564. The van der Waals surface area contributed by atoms with Crippen LogP contribution in [0.15, 0.2) is 42.6 Å². The number of ether oxygens (including phenoxy) is 2. The second-order valence-corrected chi connectivity index (χ2v) is 7.36. The molecule has 2 aromatic heterocycles. The second kappa shape index (κ2) is 8.61. The molecule has 0 saturated carbocycles. The maximum absolute atomic E-state index is 12.9. The van der Waals surface area contributed by atoms with Crippen molar-refractivity contribution in [2.75, 3.05) is 33.9 Å². The quantitative estimate of drug-likeness (QED) is 0.616. The predicted octanol–water partition coefficient (Wildman–Crippen LogP) is 2.79. The van der Waals surface area contributed by atoms with Crippen molar-refractivity contribution in [1.82, 2.24) is 19.4 Å². The summed E-state index contributed by atoms with van der Waals surface area (Å²) < 4.78 is 12.7. The Hall–Kier alpha value is -2.93. The van der Waals surface area contributed by atoms with Gasteiger partial charge in [-0.3, -0.25) is 4.79 Å². The van der Waals surface area contributed by atoms with Crippen LogP contribution in [0.5, 0.6) is 5.75 Å². The van der Waals surface area contributed by atoms with Gasteiger partial charge in [0.25, 0.3) is 5.91 Å². The molecular formula is C22H26N4O3. The predicted molar refractivity (Wildman–Crippen MR) is 110 cm³/mol. The third-order valence-corrected chi connectivity index (χ3v) is 5.46. The van der Waals surface area contributed by atoms with Crippen LogP contribution in [-0.4, -0.2) is 59.3 Å². The zero-order valence-corrected chi connectivity index (χ0v) is 16.9. The van der Waals surface area contributed by atoms with Crippen molar-refractivity contribution in [1.29, 1.82) is 0 Å². The first-order valence-electron chi connectivity index (χ1n) is 9.92. The fourth-order valence-corrected chi connectivity index (χ4v) is 3.96. The van der Waals surface area contributed by atoms with Crippen molar-refractivity contribution in [2.24, 2.45) is 5.92 Å². The Labute approximate surface area is 170 Å². The number of amides is 1. The molecule has 0 spiro atoms. The Bertz CT molecular complexity index is 1000. The third kappa shape index (κ3) is 4.10. The summed E-state index contributed by atoms with van der Waals surface area (Å²) in [4.78, 5) is 24.1. The Morgan fingerprint density at radius 3 is 2.97 bits per heavy atom. The minimum absolute atomic E-state index is 0.0564. The highest BCUT2D eigenvalue weighted by Gasteiger charge is 2.28. The molecule has 152 valence electrons. The number of hydrogen-bond acceptors (Lipinski definition) is 5. The first-order valence-corrected chi connectivity index (χ1v) is 9.92. The van der Waals surface area contributed by atoms with E-state index in [0.717, 1.165) is 49.5 Å². The number of carbonyl (C=O) groups excluding carboxylic acids is 1. The van der Waals surface area contributed by atoms with Crippen molar-refractivity contribution in [2.45, 2.75) is 19.4 Å². The normalized spacial score (nSPS) is 16.5. The monoisotopic (exact) mass is 394 g/mol. The molecule has 7 heteroatoms. The van der Waals surface area contributed by atoms with Gasteiger partial charge in [-0.2, -0.15) is 0 Å². The lowest BCUT2D eigenvalue weighted by atomic mass is 10.0. The molecule has 0 unspecified atom stereocenters. The van der Waals surface area contributed by atoms with Crippen molar-refractivity contribution in [3.8, 4) is 5.75 Å². The molecule has 29 heavy (non-hydrogen) atoms. The highest BCUT2D eigenvalue weighted by atomic mass is 16.5. The molecule has 3 heterocycles. The van der Waals surface area contributed by atoms with E-state index in [1.807, 2.05) is 35.2 Å². The molecule has 1 amide bonds. The zero-order chi connectivity index (χ0) is 20.2. The highest BCUT2D eigenvalue weighted by molar-refractivity contribution is 5.94. The minimum Gasteiger partial charge on any atom is -0.497 e. The van der Waals surface area contributed by atoms with Crippen LogP contribution in [0.4, 0.5) is 0 Å². The molecular weight excluding hydrogens is 368 g/mol. The van der Waals surface area contributed by atoms with Gasteiger partial charge in [0.1, 0.15) is 17.1 Å². The Kier molecular flexibility index (Phi) is 5.76. The molecule has 0 bridgehead atoms. The molecule has 0 N–H and O–H groups in total. The van der Waals surface area contributed by atoms with Gasteiger partial charge in [-0.25, -0.2) is 9.97 Å². The van der Waals surface area contributed by atoms with Crippen LogP contribution in [0.3, 0.4) is 0 Å². The number of imidazole rings is 1. The molecule has 0 radical (unpaired) electrons. The molecule has 1 aliphatic heterocycles. The van der Waals surface area contributed by atoms with Gasteiger partial charge in [0.05, 0.1) is 13.7 Å². The summed E-state index contributed by atoms with van der Waals surface area (Å²) in [6, 6.07) is 11.2. The maximum atomic E-state index is 12.9. The van der Waals surface area contributed by atoms with Gasteiger partial charge in [-0.05, 0) is 42.7 Å². The lowest BCUT2D eigenvalue weighted by molar-refractivity contribution is 0.0786. The molecule has 1 aliphatic rings. The molecule has 1 atom stereocenters. The van der Waals surface area contributed by atoms with Crippen LogP contribution in [0.25, 0.3) is 11.2 Å². The molecule has 3 aromatic rings. The lowest BCUT2D eigenvalue weighted by Gasteiger charge is -2.17. The molecule has 4 rings (SSSR count). The van der Waals surface area contributed by atoms with Gasteiger partial charge in [-0.1, -0.05) is 6.07 Å². The summed E-state index contributed by atoms with van der Waals surface area (Å²) in [6.45, 7) is 2.83. The first kappa shape index (κ1) is 19.4. The standard InChI is InChI=1S/C22H26N4O3/c1-28-12-11-26-20(24-19-7-4-9-23-21(19)26)13-16-8-10-25(15-16)22(27)17-5-3-6-18(14-17)29-2/h3-7,9,14,16H,8,10-13,15H2,1-2H3/t16-/m0/s1. The number of pyridine rings is 1. The van der Waals surface area contributed by atoms with E-state index in [4.69, 9.17) is 14.5 Å². The maximum Gasteiger partial charge on any atom is 0.253 e. The number of methoxy groups -OCH3 is 2. The Morgan fingerprint density at radius 2 is 2.14 bits per heavy atom. The van der Waals surface area contributed by atoms with Gasteiger partial charge in [-0.15, -0.1) is 0 Å². The van der Waals surface area contributed by atoms with Crippen molar-refractivity contribution in [3.05, 3.63) is 54.0 Å². The number of nitrogens with zero attached hydrogens (tertiary/aromatic N) is 4. The number of aromatic nitrogens is 3. The smallest absolute Gasteiger partial charge is 0.253 e. The van der Waals surface area contributed by atoms with Crippen LogP contribution in [-0.2, 0) is 17.7 Å². The summed E-state index contributed by atoms with van der Waals surface area (Å²) in [7, 11) is 3.31. The first-order chi connectivity index (χ1) is 14.2. The number of fused-ring (bicyclic) bond motifs is 1. The van der Waals surface area contributed by atoms with Crippen LogP contribution < -0.4 is 4.74 Å². The number of likely N-dealkylation sites (tertiary alicyclic amines) is 1. The molecule has 1 fully saturated rings. The van der Waals surface area contributed by atoms with Crippen molar-refractivity contribution < 1.29 is 14.3 Å². The topological polar surface area (TPSA) is 69.5 Å². The van der Waals surface area contributed by atoms with E-state index in [1.165, 1.54) is 0 Å². The lowest BCUT2D eigenvalue weighted by Crippen LogP contribution is -2.29. The fraction of sp³-hybridized carbons (Fsp3) is 0.409. The fourth-order valence-electron chi connectivity index (χ4n) is 3.96. The summed E-state index contributed by atoms with van der Waals surface area (Å²) in [5.74, 6) is 2.14. The van der Waals surface area contributed by atoms with E-state index in [1.54, 1.807) is 26.5 Å². The molecule has 1 aromatic carbocycles. The van der Waals surface area contributed by atoms with Crippen LogP contribution in [0.2, 0.25) is 0 Å². The van der Waals surface area contributed by atoms with E-state index in [9.17, 15) is 4.79 Å². The number of benzene rings is 1. The third-order valence-electron chi connectivity index (χ3n) is 5.46. The Balaban J connectivity index is 1.48. The highest BCUT2D eigenvalue weighted by Crippen LogP contribution is 2.25. The van der Waals surface area contributed by atoms with Gasteiger partial charge in [0.2, 0.25) is 0 Å². The number of hydrogen-bond donors (Lipinski definition) is 0. The van der Waals surface area contributed by atoms with Crippen molar-refractivity contribution in [3.63, 3.8) is 0 Å². The van der Waals surface area contributed by atoms with E-state index < -0.39 is 0 Å². The number of rotatable bonds is 7.